The molecule has 1 unspecified atom stereocenters. The Kier molecular flexibility index (Phi) is 4.93. The molecule has 100 valence electrons. The maximum atomic E-state index is 10.2. The Bertz CT molecular complexity index is 528. The van der Waals surface area contributed by atoms with Crippen molar-refractivity contribution < 1.29 is 9.84 Å². The summed E-state index contributed by atoms with van der Waals surface area (Å²) in [7, 11) is 0. The van der Waals surface area contributed by atoms with Gasteiger partial charge in [-0.2, -0.15) is 0 Å². The summed E-state index contributed by atoms with van der Waals surface area (Å²) in [4.78, 5) is 4.26. The second-order valence-electron chi connectivity index (χ2n) is 4.19. The Morgan fingerprint density at radius 3 is 2.84 bits per heavy atom. The van der Waals surface area contributed by atoms with Crippen LogP contribution in [-0.4, -0.2) is 16.7 Å². The van der Waals surface area contributed by atoms with E-state index in [-0.39, 0.29) is 0 Å². The molecule has 1 aromatic carbocycles. The number of aromatic nitrogens is 1. The maximum Gasteiger partial charge on any atom is 0.119 e. The van der Waals surface area contributed by atoms with Gasteiger partial charge < -0.3 is 9.84 Å². The van der Waals surface area contributed by atoms with Gasteiger partial charge in [0.15, 0.2) is 0 Å². The number of halogens is 1. The third-order valence-electron chi connectivity index (χ3n) is 2.74. The summed E-state index contributed by atoms with van der Waals surface area (Å²) < 4.78 is 6.36. The molecule has 1 aromatic heterocycles. The number of benzene rings is 1. The van der Waals surface area contributed by atoms with E-state index in [1.54, 1.807) is 6.20 Å². The van der Waals surface area contributed by atoms with Crippen LogP contribution in [0.3, 0.4) is 0 Å². The first-order valence-electron chi connectivity index (χ1n) is 6.20. The first kappa shape index (κ1) is 14.0. The molecular weight excluding hydrogens is 306 g/mol. The molecule has 0 radical (unpaired) electrons. The molecule has 0 saturated heterocycles. The number of nitrogens with zero attached hydrogens (tertiary/aromatic N) is 1. The lowest BCUT2D eigenvalue weighted by molar-refractivity contribution is 0.176. The van der Waals surface area contributed by atoms with Crippen LogP contribution >= 0.6 is 15.9 Å². The van der Waals surface area contributed by atoms with E-state index in [1.165, 1.54) is 0 Å². The number of rotatable bonds is 5. The smallest absolute Gasteiger partial charge is 0.119 e. The highest BCUT2D eigenvalue weighted by atomic mass is 79.9. The van der Waals surface area contributed by atoms with Gasteiger partial charge in [0.05, 0.1) is 12.7 Å². The molecule has 0 spiro atoms. The largest absolute Gasteiger partial charge is 0.494 e. The van der Waals surface area contributed by atoms with E-state index in [2.05, 4.69) is 20.9 Å². The van der Waals surface area contributed by atoms with Crippen molar-refractivity contribution in [1.82, 2.24) is 4.98 Å². The molecule has 0 aliphatic heterocycles. The summed E-state index contributed by atoms with van der Waals surface area (Å²) in [6.07, 6.45) is 1.65. The molecular formula is C15H16BrNO2. The Hall–Kier alpha value is -1.39. The van der Waals surface area contributed by atoms with Crippen molar-refractivity contribution in [3.8, 4) is 5.75 Å². The molecule has 0 aliphatic carbocycles. The fourth-order valence-electron chi connectivity index (χ4n) is 1.82. The quantitative estimate of drug-likeness (QED) is 0.916. The minimum absolute atomic E-state index is 0.489. The van der Waals surface area contributed by atoms with E-state index in [4.69, 9.17) is 4.74 Å². The van der Waals surface area contributed by atoms with E-state index in [9.17, 15) is 5.11 Å². The molecule has 1 atom stereocenters. The first-order chi connectivity index (χ1) is 9.19. The molecule has 19 heavy (non-hydrogen) atoms. The van der Waals surface area contributed by atoms with Crippen molar-refractivity contribution in [3.63, 3.8) is 0 Å². The zero-order valence-electron chi connectivity index (χ0n) is 10.7. The van der Waals surface area contributed by atoms with Gasteiger partial charge in [-0.25, -0.2) is 0 Å². The summed E-state index contributed by atoms with van der Waals surface area (Å²) in [5.74, 6) is 0.780. The van der Waals surface area contributed by atoms with Crippen molar-refractivity contribution in [2.24, 2.45) is 0 Å². The number of aliphatic hydroxyl groups is 1. The summed E-state index contributed by atoms with van der Waals surface area (Å²) in [5, 5.41) is 10.2. The van der Waals surface area contributed by atoms with Crippen LogP contribution in [0.15, 0.2) is 47.1 Å². The number of pyridine rings is 1. The summed E-state index contributed by atoms with van der Waals surface area (Å²) in [6, 6.07) is 11.4. The van der Waals surface area contributed by atoms with E-state index in [1.807, 2.05) is 43.3 Å². The van der Waals surface area contributed by atoms with Gasteiger partial charge in [0.1, 0.15) is 5.75 Å². The lowest BCUT2D eigenvalue weighted by Crippen LogP contribution is -2.04. The lowest BCUT2D eigenvalue weighted by Gasteiger charge is -2.12. The van der Waals surface area contributed by atoms with Crippen molar-refractivity contribution in [1.29, 1.82) is 0 Å². The number of hydrogen-bond donors (Lipinski definition) is 1. The summed E-state index contributed by atoms with van der Waals surface area (Å²) in [6.45, 7) is 2.56. The van der Waals surface area contributed by atoms with Crippen LogP contribution in [0.4, 0.5) is 0 Å². The second-order valence-corrected chi connectivity index (χ2v) is 5.11. The van der Waals surface area contributed by atoms with Gasteiger partial charge >= 0.3 is 0 Å². The molecule has 4 heteroatoms. The molecule has 2 aromatic rings. The Balaban J connectivity index is 2.08. The predicted molar refractivity (Wildman–Crippen MR) is 78.2 cm³/mol. The van der Waals surface area contributed by atoms with Crippen molar-refractivity contribution >= 4 is 15.9 Å². The van der Waals surface area contributed by atoms with Gasteiger partial charge in [-0.05, 0) is 52.7 Å². The van der Waals surface area contributed by atoms with E-state index < -0.39 is 6.10 Å². The second kappa shape index (κ2) is 6.68. The van der Waals surface area contributed by atoms with Gasteiger partial charge in [0, 0.05) is 22.8 Å². The standard InChI is InChI=1S/C15H16BrNO2/c1-2-19-14-5-3-4-11(8-14)15(18)9-13-7-6-12(16)10-17-13/h3-8,10,15,18H,2,9H2,1H3. The van der Waals surface area contributed by atoms with Gasteiger partial charge in [-0.15, -0.1) is 0 Å². The Morgan fingerprint density at radius 2 is 2.16 bits per heavy atom. The summed E-state index contributed by atoms with van der Waals surface area (Å²) in [5.41, 5.74) is 1.70. The maximum absolute atomic E-state index is 10.2. The average molecular weight is 322 g/mol. The lowest BCUT2D eigenvalue weighted by atomic mass is 10.0. The van der Waals surface area contributed by atoms with Crippen LogP contribution in [0.1, 0.15) is 24.3 Å². The van der Waals surface area contributed by atoms with Crippen LogP contribution in [0.25, 0.3) is 0 Å². The zero-order chi connectivity index (χ0) is 13.7. The fourth-order valence-corrected chi connectivity index (χ4v) is 2.06. The molecule has 0 fully saturated rings. The predicted octanol–water partition coefficient (Wildman–Crippen LogP) is 3.52. The molecule has 1 heterocycles. The van der Waals surface area contributed by atoms with Crippen LogP contribution in [-0.2, 0) is 6.42 Å². The molecule has 0 amide bonds. The number of ether oxygens (including phenoxy) is 1. The minimum atomic E-state index is -0.575. The van der Waals surface area contributed by atoms with Crippen molar-refractivity contribution in [2.45, 2.75) is 19.4 Å². The number of hydrogen-bond acceptors (Lipinski definition) is 3. The first-order valence-corrected chi connectivity index (χ1v) is 6.99. The van der Waals surface area contributed by atoms with Crippen molar-refractivity contribution in [2.75, 3.05) is 6.61 Å². The SMILES string of the molecule is CCOc1cccc(C(O)Cc2ccc(Br)cn2)c1. The van der Waals surface area contributed by atoms with Crippen LogP contribution in [0.5, 0.6) is 5.75 Å². The van der Waals surface area contributed by atoms with Crippen LogP contribution in [0, 0.1) is 0 Å². The van der Waals surface area contributed by atoms with Gasteiger partial charge in [-0.1, -0.05) is 12.1 Å². The molecule has 1 N–H and O–H groups in total. The van der Waals surface area contributed by atoms with Gasteiger partial charge in [-0.3, -0.25) is 4.98 Å². The molecule has 3 nitrogen and oxygen atoms in total. The van der Waals surface area contributed by atoms with E-state index in [0.29, 0.717) is 13.0 Å². The van der Waals surface area contributed by atoms with Gasteiger partial charge in [0.2, 0.25) is 0 Å². The van der Waals surface area contributed by atoms with Crippen LogP contribution in [0.2, 0.25) is 0 Å². The number of aliphatic hydroxyl groups excluding tert-OH is 1. The Labute approximate surface area is 121 Å². The summed E-state index contributed by atoms with van der Waals surface area (Å²) >= 11 is 3.34. The Morgan fingerprint density at radius 1 is 1.32 bits per heavy atom. The topological polar surface area (TPSA) is 42.4 Å². The molecule has 0 bridgehead atoms. The highest BCUT2D eigenvalue weighted by Gasteiger charge is 2.10. The van der Waals surface area contributed by atoms with E-state index >= 15 is 0 Å². The normalized spacial score (nSPS) is 12.2. The van der Waals surface area contributed by atoms with Crippen LogP contribution < -0.4 is 4.74 Å². The molecule has 2 rings (SSSR count). The third kappa shape index (κ3) is 4.04. The monoisotopic (exact) mass is 321 g/mol. The fraction of sp³-hybridized carbons (Fsp3) is 0.267. The van der Waals surface area contributed by atoms with Gasteiger partial charge in [0.25, 0.3) is 0 Å². The van der Waals surface area contributed by atoms with E-state index in [0.717, 1.165) is 21.5 Å². The average Bonchev–Trinajstić information content (AvgIpc) is 2.42. The highest BCUT2D eigenvalue weighted by molar-refractivity contribution is 9.10. The van der Waals surface area contributed by atoms with Crippen molar-refractivity contribution in [3.05, 3.63) is 58.3 Å². The highest BCUT2D eigenvalue weighted by Crippen LogP contribution is 2.22. The zero-order valence-corrected chi connectivity index (χ0v) is 12.3. The third-order valence-corrected chi connectivity index (χ3v) is 3.21. The minimum Gasteiger partial charge on any atom is -0.494 e. The molecule has 0 aliphatic rings. The molecule has 0 saturated carbocycles.